The van der Waals surface area contributed by atoms with Gasteiger partial charge in [-0.2, -0.15) is 0 Å². The molecule has 1 amide bonds. The molecule has 0 spiro atoms. The maximum Gasteiger partial charge on any atom is 0.223 e. The van der Waals surface area contributed by atoms with Gasteiger partial charge in [0.15, 0.2) is 0 Å². The summed E-state index contributed by atoms with van der Waals surface area (Å²) in [6.07, 6.45) is 0.483. The van der Waals surface area contributed by atoms with Crippen LogP contribution in [-0.2, 0) is 11.3 Å². The van der Waals surface area contributed by atoms with Crippen LogP contribution in [0, 0.1) is 6.92 Å². The highest BCUT2D eigenvalue weighted by Crippen LogP contribution is 2.35. The molecule has 1 aromatic heterocycles. The van der Waals surface area contributed by atoms with Gasteiger partial charge < -0.3 is 14.2 Å². The van der Waals surface area contributed by atoms with Gasteiger partial charge in [0.2, 0.25) is 5.91 Å². The second-order valence-electron chi connectivity index (χ2n) is 10.2. The molecule has 0 N–H and O–H groups in total. The molecular formula is C31H35N3O2. The van der Waals surface area contributed by atoms with E-state index in [0.717, 1.165) is 28.2 Å². The van der Waals surface area contributed by atoms with E-state index in [4.69, 9.17) is 9.72 Å². The van der Waals surface area contributed by atoms with E-state index in [0.29, 0.717) is 32.0 Å². The van der Waals surface area contributed by atoms with Gasteiger partial charge in [-0.1, -0.05) is 68.4 Å². The van der Waals surface area contributed by atoms with Gasteiger partial charge in [0, 0.05) is 18.9 Å². The zero-order chi connectivity index (χ0) is 25.2. The van der Waals surface area contributed by atoms with Crippen molar-refractivity contribution in [2.75, 3.05) is 13.2 Å². The molecule has 1 fully saturated rings. The summed E-state index contributed by atoms with van der Waals surface area (Å²) >= 11 is 0. The second kappa shape index (κ2) is 10.2. The van der Waals surface area contributed by atoms with E-state index in [2.05, 4.69) is 74.7 Å². The number of para-hydroxylation sites is 2. The second-order valence-corrected chi connectivity index (χ2v) is 10.2. The minimum atomic E-state index is 0.0423. The SMILES string of the molecule is Cc1ccc(C(C)C)c(OCCn2c(C3CC(=O)N(C(C)c4ccccc4)C3)nc3ccccc32)c1. The lowest BCUT2D eigenvalue weighted by atomic mass is 10.0. The fourth-order valence-electron chi connectivity index (χ4n) is 5.32. The molecule has 5 rings (SSSR count). The lowest BCUT2D eigenvalue weighted by Gasteiger charge is -2.25. The number of likely N-dealkylation sites (tertiary alicyclic amines) is 1. The number of carbonyl (C=O) groups excluding carboxylic acids is 1. The van der Waals surface area contributed by atoms with Gasteiger partial charge in [-0.25, -0.2) is 4.98 Å². The van der Waals surface area contributed by atoms with Crippen molar-refractivity contribution in [3.63, 3.8) is 0 Å². The van der Waals surface area contributed by atoms with Crippen molar-refractivity contribution in [1.82, 2.24) is 14.5 Å². The Kier molecular flexibility index (Phi) is 6.82. The van der Waals surface area contributed by atoms with E-state index >= 15 is 0 Å². The van der Waals surface area contributed by atoms with Gasteiger partial charge in [-0.05, 0) is 54.7 Å². The van der Waals surface area contributed by atoms with Crippen LogP contribution in [0.2, 0.25) is 0 Å². The molecule has 4 aromatic rings. The quantitative estimate of drug-likeness (QED) is 0.284. The summed E-state index contributed by atoms with van der Waals surface area (Å²) < 4.78 is 8.59. The Hall–Kier alpha value is -3.60. The van der Waals surface area contributed by atoms with Gasteiger partial charge in [-0.15, -0.1) is 0 Å². The van der Waals surface area contributed by atoms with Gasteiger partial charge >= 0.3 is 0 Å². The first-order valence-electron chi connectivity index (χ1n) is 12.9. The Morgan fingerprint density at radius 2 is 1.75 bits per heavy atom. The number of benzene rings is 3. The Morgan fingerprint density at radius 3 is 2.53 bits per heavy atom. The molecule has 3 aromatic carbocycles. The number of fused-ring (bicyclic) bond motifs is 1. The molecule has 2 atom stereocenters. The summed E-state index contributed by atoms with van der Waals surface area (Å²) in [7, 11) is 0. The molecule has 0 radical (unpaired) electrons. The number of carbonyl (C=O) groups is 1. The third kappa shape index (κ3) is 4.75. The highest BCUT2D eigenvalue weighted by molar-refractivity contribution is 5.81. The van der Waals surface area contributed by atoms with Gasteiger partial charge in [0.25, 0.3) is 0 Å². The van der Waals surface area contributed by atoms with Crippen molar-refractivity contribution >= 4 is 16.9 Å². The number of amides is 1. The Bertz CT molecular complexity index is 1360. The lowest BCUT2D eigenvalue weighted by molar-refractivity contribution is -0.129. The van der Waals surface area contributed by atoms with Crippen molar-refractivity contribution in [2.45, 2.75) is 58.5 Å². The molecule has 2 heterocycles. The minimum Gasteiger partial charge on any atom is -0.491 e. The molecule has 1 aliphatic rings. The number of rotatable bonds is 8. The number of ether oxygens (including phenoxy) is 1. The fourth-order valence-corrected chi connectivity index (χ4v) is 5.32. The van der Waals surface area contributed by atoms with Crippen molar-refractivity contribution in [1.29, 1.82) is 0 Å². The number of hydrogen-bond donors (Lipinski definition) is 0. The summed E-state index contributed by atoms with van der Waals surface area (Å²) in [5.41, 5.74) is 5.63. The van der Waals surface area contributed by atoms with Crippen LogP contribution in [0.25, 0.3) is 11.0 Å². The molecule has 1 saturated heterocycles. The number of aromatic nitrogens is 2. The fraction of sp³-hybridized carbons (Fsp3) is 0.355. The van der Waals surface area contributed by atoms with E-state index < -0.39 is 0 Å². The van der Waals surface area contributed by atoms with Crippen molar-refractivity contribution in [3.8, 4) is 5.75 Å². The topological polar surface area (TPSA) is 47.4 Å². The predicted molar refractivity (Wildman–Crippen MR) is 144 cm³/mol. The first-order chi connectivity index (χ1) is 17.4. The summed E-state index contributed by atoms with van der Waals surface area (Å²) in [6, 6.07) is 25.0. The highest BCUT2D eigenvalue weighted by atomic mass is 16.5. The van der Waals surface area contributed by atoms with E-state index in [-0.39, 0.29) is 17.9 Å². The van der Waals surface area contributed by atoms with Crippen LogP contribution in [-0.4, -0.2) is 33.5 Å². The van der Waals surface area contributed by atoms with Crippen molar-refractivity contribution < 1.29 is 9.53 Å². The molecule has 0 saturated carbocycles. The Labute approximate surface area is 213 Å². The van der Waals surface area contributed by atoms with Gasteiger partial charge in [0.05, 0.1) is 23.6 Å². The number of aryl methyl sites for hydroxylation is 1. The zero-order valence-corrected chi connectivity index (χ0v) is 21.6. The predicted octanol–water partition coefficient (Wildman–Crippen LogP) is 6.62. The van der Waals surface area contributed by atoms with Crippen LogP contribution in [0.5, 0.6) is 5.75 Å². The zero-order valence-electron chi connectivity index (χ0n) is 21.6. The average molecular weight is 482 g/mol. The largest absolute Gasteiger partial charge is 0.491 e. The third-order valence-corrected chi connectivity index (χ3v) is 7.32. The molecule has 186 valence electrons. The molecular weight excluding hydrogens is 446 g/mol. The van der Waals surface area contributed by atoms with Crippen LogP contribution in [0.15, 0.2) is 72.8 Å². The summed E-state index contributed by atoms with van der Waals surface area (Å²) in [5.74, 6) is 2.57. The summed E-state index contributed by atoms with van der Waals surface area (Å²) in [4.78, 5) is 20.1. The molecule has 0 aliphatic carbocycles. The van der Waals surface area contributed by atoms with Gasteiger partial charge in [-0.3, -0.25) is 4.79 Å². The van der Waals surface area contributed by atoms with Crippen LogP contribution < -0.4 is 4.74 Å². The van der Waals surface area contributed by atoms with Crippen LogP contribution in [0.4, 0.5) is 0 Å². The number of hydrogen-bond acceptors (Lipinski definition) is 3. The van der Waals surface area contributed by atoms with Crippen LogP contribution in [0.3, 0.4) is 0 Å². The average Bonchev–Trinajstić information content (AvgIpc) is 3.44. The monoisotopic (exact) mass is 481 g/mol. The standard InChI is InChI=1S/C31H35N3O2/c1-21(2)26-15-14-22(3)18-29(26)36-17-16-33-28-13-9-8-12-27(28)32-31(33)25-19-30(35)34(20-25)23(4)24-10-6-5-7-11-24/h5-15,18,21,23,25H,16-17,19-20H2,1-4H3. The summed E-state index contributed by atoms with van der Waals surface area (Å²) in [5, 5.41) is 0. The first kappa shape index (κ1) is 24.1. The maximum atomic E-state index is 13.1. The van der Waals surface area contributed by atoms with Crippen LogP contribution >= 0.6 is 0 Å². The maximum absolute atomic E-state index is 13.1. The number of nitrogens with zero attached hydrogens (tertiary/aromatic N) is 3. The van der Waals surface area contributed by atoms with E-state index in [1.807, 2.05) is 35.2 Å². The number of imidazole rings is 1. The van der Waals surface area contributed by atoms with E-state index in [9.17, 15) is 4.79 Å². The third-order valence-electron chi connectivity index (χ3n) is 7.32. The highest BCUT2D eigenvalue weighted by Gasteiger charge is 2.36. The smallest absolute Gasteiger partial charge is 0.223 e. The summed E-state index contributed by atoms with van der Waals surface area (Å²) in [6.45, 7) is 10.5. The van der Waals surface area contributed by atoms with Crippen LogP contribution in [0.1, 0.15) is 67.6 Å². The Morgan fingerprint density at radius 1 is 1.00 bits per heavy atom. The molecule has 0 bridgehead atoms. The molecule has 5 heteroatoms. The molecule has 5 nitrogen and oxygen atoms in total. The van der Waals surface area contributed by atoms with E-state index in [1.165, 1.54) is 11.1 Å². The molecule has 36 heavy (non-hydrogen) atoms. The lowest BCUT2D eigenvalue weighted by Crippen LogP contribution is -2.28. The first-order valence-corrected chi connectivity index (χ1v) is 12.9. The van der Waals surface area contributed by atoms with Crippen molar-refractivity contribution in [2.24, 2.45) is 0 Å². The molecule has 2 unspecified atom stereocenters. The normalized spacial score (nSPS) is 16.8. The van der Waals surface area contributed by atoms with Gasteiger partial charge in [0.1, 0.15) is 18.2 Å². The van der Waals surface area contributed by atoms with Crippen molar-refractivity contribution in [3.05, 3.63) is 95.3 Å². The Balaban J connectivity index is 1.39. The van der Waals surface area contributed by atoms with E-state index in [1.54, 1.807) is 0 Å². The molecule has 1 aliphatic heterocycles. The minimum absolute atomic E-state index is 0.0423.